The number of benzene rings is 1. The molecule has 1 aromatic carbocycles. The van der Waals surface area contributed by atoms with Gasteiger partial charge in [-0.15, -0.1) is 17.0 Å². The Hall–Kier alpha value is -2.15. The van der Waals surface area contributed by atoms with E-state index in [0.29, 0.717) is 13.2 Å². The fourth-order valence-corrected chi connectivity index (χ4v) is 1.98. The van der Waals surface area contributed by atoms with Crippen molar-refractivity contribution in [3.8, 4) is 17.0 Å². The molecule has 0 unspecified atom stereocenters. The van der Waals surface area contributed by atoms with Crippen molar-refractivity contribution in [2.75, 3.05) is 13.7 Å². The Kier molecular flexibility index (Phi) is 7.47. The predicted molar refractivity (Wildman–Crippen MR) is 91.6 cm³/mol. The standard InChI is InChI=1S/C16H19N3O3.BrH/c1-3-22-16(20)10-11-19-15(17)9-8-14(18-19)12-4-6-13(21-2)7-5-12;/h4-9,17H,3,10-11H2,1-2H3;1H. The summed E-state index contributed by atoms with van der Waals surface area (Å²) in [5.74, 6) is 0.488. The van der Waals surface area contributed by atoms with Crippen LogP contribution in [0.2, 0.25) is 0 Å². The van der Waals surface area contributed by atoms with E-state index in [0.717, 1.165) is 17.0 Å². The number of ether oxygens (including phenoxy) is 2. The second-order valence-electron chi connectivity index (χ2n) is 4.61. The number of hydrogen-bond acceptors (Lipinski definition) is 5. The summed E-state index contributed by atoms with van der Waals surface area (Å²) in [7, 11) is 1.62. The van der Waals surface area contributed by atoms with Crippen LogP contribution in [0.4, 0.5) is 0 Å². The zero-order valence-corrected chi connectivity index (χ0v) is 14.8. The topological polar surface area (TPSA) is 77.2 Å². The van der Waals surface area contributed by atoms with Crippen molar-refractivity contribution in [3.05, 3.63) is 41.9 Å². The third-order valence-electron chi connectivity index (χ3n) is 3.12. The number of carbonyl (C=O) groups is 1. The minimum atomic E-state index is -0.286. The average Bonchev–Trinajstić information content (AvgIpc) is 2.54. The van der Waals surface area contributed by atoms with Crippen LogP contribution in [0.5, 0.6) is 5.75 Å². The first kappa shape index (κ1) is 18.9. The van der Waals surface area contributed by atoms with E-state index in [1.807, 2.05) is 24.3 Å². The molecule has 0 aliphatic heterocycles. The minimum absolute atomic E-state index is 0. The average molecular weight is 382 g/mol. The number of aromatic nitrogens is 2. The van der Waals surface area contributed by atoms with Crippen molar-refractivity contribution in [1.29, 1.82) is 5.41 Å². The summed E-state index contributed by atoms with van der Waals surface area (Å²) in [6.45, 7) is 2.45. The number of hydrogen-bond donors (Lipinski definition) is 1. The highest BCUT2D eigenvalue weighted by molar-refractivity contribution is 8.93. The lowest BCUT2D eigenvalue weighted by atomic mass is 10.1. The van der Waals surface area contributed by atoms with E-state index >= 15 is 0 Å². The maximum Gasteiger partial charge on any atom is 0.307 e. The van der Waals surface area contributed by atoms with Crippen LogP contribution in [0.25, 0.3) is 11.3 Å². The molecule has 7 heteroatoms. The van der Waals surface area contributed by atoms with E-state index in [2.05, 4.69) is 5.10 Å². The second kappa shape index (κ2) is 9.09. The lowest BCUT2D eigenvalue weighted by Gasteiger charge is -2.08. The molecule has 1 aromatic heterocycles. The van der Waals surface area contributed by atoms with Crippen LogP contribution in [0, 0.1) is 5.41 Å². The van der Waals surface area contributed by atoms with Gasteiger partial charge in [-0.25, -0.2) is 4.68 Å². The summed E-state index contributed by atoms with van der Waals surface area (Å²) < 4.78 is 11.5. The van der Waals surface area contributed by atoms with Gasteiger partial charge in [0.2, 0.25) is 0 Å². The van der Waals surface area contributed by atoms with Crippen molar-refractivity contribution in [2.24, 2.45) is 0 Å². The van der Waals surface area contributed by atoms with Crippen LogP contribution >= 0.6 is 17.0 Å². The Morgan fingerprint density at radius 3 is 2.52 bits per heavy atom. The summed E-state index contributed by atoms with van der Waals surface area (Å²) in [6.07, 6.45) is 0.198. The van der Waals surface area contributed by atoms with Crippen LogP contribution in [0.15, 0.2) is 36.4 Å². The normalized spacial score (nSPS) is 9.83. The van der Waals surface area contributed by atoms with Gasteiger partial charge in [-0.1, -0.05) is 0 Å². The van der Waals surface area contributed by atoms with Crippen molar-refractivity contribution < 1.29 is 14.3 Å². The number of halogens is 1. The van der Waals surface area contributed by atoms with E-state index in [-0.39, 0.29) is 34.9 Å². The van der Waals surface area contributed by atoms with E-state index in [4.69, 9.17) is 14.9 Å². The summed E-state index contributed by atoms with van der Waals surface area (Å²) in [5, 5.41) is 12.3. The Bertz CT molecular complexity index is 698. The monoisotopic (exact) mass is 381 g/mol. The molecule has 0 bridgehead atoms. The molecule has 1 N–H and O–H groups in total. The number of rotatable bonds is 6. The van der Waals surface area contributed by atoms with E-state index in [1.54, 1.807) is 26.2 Å². The first-order valence-electron chi connectivity index (χ1n) is 7.07. The van der Waals surface area contributed by atoms with Crippen LogP contribution in [-0.4, -0.2) is 29.5 Å². The third-order valence-corrected chi connectivity index (χ3v) is 3.12. The van der Waals surface area contributed by atoms with Gasteiger partial charge >= 0.3 is 5.97 Å². The van der Waals surface area contributed by atoms with Gasteiger partial charge in [0.1, 0.15) is 11.2 Å². The van der Waals surface area contributed by atoms with Crippen LogP contribution < -0.4 is 10.2 Å². The van der Waals surface area contributed by atoms with Gasteiger partial charge in [0.05, 0.1) is 32.4 Å². The van der Waals surface area contributed by atoms with Crippen molar-refractivity contribution >= 4 is 23.0 Å². The van der Waals surface area contributed by atoms with E-state index in [1.165, 1.54) is 4.68 Å². The molecule has 2 rings (SSSR count). The first-order valence-corrected chi connectivity index (χ1v) is 7.07. The zero-order chi connectivity index (χ0) is 15.9. The number of nitrogens with one attached hydrogen (secondary N) is 1. The summed E-state index contributed by atoms with van der Waals surface area (Å²) in [4.78, 5) is 11.4. The van der Waals surface area contributed by atoms with Crippen LogP contribution in [0.1, 0.15) is 13.3 Å². The van der Waals surface area contributed by atoms with Gasteiger partial charge in [-0.05, 0) is 43.3 Å². The summed E-state index contributed by atoms with van der Waals surface area (Å²) in [5.41, 5.74) is 1.91. The highest BCUT2D eigenvalue weighted by Crippen LogP contribution is 2.19. The first-order chi connectivity index (χ1) is 10.6. The van der Waals surface area contributed by atoms with E-state index in [9.17, 15) is 4.79 Å². The second-order valence-corrected chi connectivity index (χ2v) is 4.61. The lowest BCUT2D eigenvalue weighted by molar-refractivity contribution is -0.143. The molecule has 0 spiro atoms. The van der Waals surface area contributed by atoms with Crippen LogP contribution in [-0.2, 0) is 16.1 Å². The van der Waals surface area contributed by atoms with Gasteiger partial charge in [-0.3, -0.25) is 10.2 Å². The molecule has 1 heterocycles. The minimum Gasteiger partial charge on any atom is -0.497 e. The Balaban J connectivity index is 0.00000264. The van der Waals surface area contributed by atoms with Gasteiger partial charge < -0.3 is 9.47 Å². The lowest BCUT2D eigenvalue weighted by Crippen LogP contribution is -2.24. The number of nitrogens with zero attached hydrogens (tertiary/aromatic N) is 2. The molecule has 0 saturated heterocycles. The summed E-state index contributed by atoms with van der Waals surface area (Å²) in [6, 6.07) is 11.0. The van der Waals surface area contributed by atoms with Crippen molar-refractivity contribution in [1.82, 2.24) is 9.78 Å². The maximum atomic E-state index is 11.4. The molecule has 0 amide bonds. The third kappa shape index (κ3) is 5.21. The quantitative estimate of drug-likeness (QED) is 0.779. The molecule has 6 nitrogen and oxygen atoms in total. The molecule has 0 aliphatic carbocycles. The Morgan fingerprint density at radius 2 is 1.91 bits per heavy atom. The summed E-state index contributed by atoms with van der Waals surface area (Å²) >= 11 is 0. The predicted octanol–water partition coefficient (Wildman–Crippen LogP) is 2.57. The molecule has 0 radical (unpaired) electrons. The molecule has 23 heavy (non-hydrogen) atoms. The zero-order valence-electron chi connectivity index (χ0n) is 13.1. The molecular formula is C16H20BrN3O3. The fourth-order valence-electron chi connectivity index (χ4n) is 1.98. The fraction of sp³-hybridized carbons (Fsp3) is 0.312. The van der Waals surface area contributed by atoms with Gasteiger partial charge in [0.25, 0.3) is 0 Å². The largest absolute Gasteiger partial charge is 0.497 e. The highest BCUT2D eigenvalue weighted by atomic mass is 79.9. The molecule has 124 valence electrons. The van der Waals surface area contributed by atoms with Gasteiger partial charge in [0, 0.05) is 5.56 Å². The molecule has 0 atom stereocenters. The SMILES string of the molecule is Br.CCOC(=O)CCn1nc(-c2ccc(OC)cc2)ccc1=N. The smallest absolute Gasteiger partial charge is 0.307 e. The number of aryl methyl sites for hydroxylation is 1. The molecule has 0 saturated carbocycles. The highest BCUT2D eigenvalue weighted by Gasteiger charge is 2.06. The van der Waals surface area contributed by atoms with E-state index < -0.39 is 0 Å². The molecule has 2 aromatic rings. The van der Waals surface area contributed by atoms with Gasteiger partial charge in [-0.2, -0.15) is 5.10 Å². The molecular weight excluding hydrogens is 362 g/mol. The molecule has 0 aliphatic rings. The number of esters is 1. The van der Waals surface area contributed by atoms with Crippen molar-refractivity contribution in [2.45, 2.75) is 19.9 Å². The number of carbonyl (C=O) groups excluding carboxylic acids is 1. The van der Waals surface area contributed by atoms with Gasteiger partial charge in [0.15, 0.2) is 0 Å². The van der Waals surface area contributed by atoms with Crippen molar-refractivity contribution in [3.63, 3.8) is 0 Å². The Labute approximate surface area is 145 Å². The Morgan fingerprint density at radius 1 is 1.22 bits per heavy atom. The number of methoxy groups -OCH3 is 1. The molecule has 0 fully saturated rings. The van der Waals surface area contributed by atoms with Crippen LogP contribution in [0.3, 0.4) is 0 Å². The maximum absolute atomic E-state index is 11.4.